The highest BCUT2D eigenvalue weighted by Crippen LogP contribution is 2.17. The number of nitrogens with two attached hydrogens (primary N) is 1. The number of carboxylic acids is 1. The Labute approximate surface area is 98.4 Å². The first-order valence-corrected chi connectivity index (χ1v) is 4.99. The van der Waals surface area contributed by atoms with Crippen LogP contribution < -0.4 is 15.8 Å². The number of benzene rings is 1. The molecule has 1 unspecified atom stereocenters. The van der Waals surface area contributed by atoms with Crippen molar-refractivity contribution < 1.29 is 19.4 Å². The molecule has 0 bridgehead atoms. The molecule has 1 rings (SSSR count). The highest BCUT2D eigenvalue weighted by Gasteiger charge is 2.10. The normalized spacial score (nSPS) is 11.6. The average Bonchev–Trinajstić information content (AvgIpc) is 2.26. The monoisotopic (exact) mass is 238 g/mol. The molecule has 0 aliphatic heterocycles. The molecule has 4 N–H and O–H groups in total. The maximum atomic E-state index is 10.6. The van der Waals surface area contributed by atoms with E-state index in [1.165, 1.54) is 6.92 Å². The Morgan fingerprint density at radius 1 is 1.53 bits per heavy atom. The molecule has 1 amide bonds. The van der Waals surface area contributed by atoms with E-state index in [0.29, 0.717) is 11.4 Å². The fraction of sp³-hybridized carbons (Fsp3) is 0.273. The molecule has 0 fully saturated rings. The summed E-state index contributed by atoms with van der Waals surface area (Å²) >= 11 is 0. The summed E-state index contributed by atoms with van der Waals surface area (Å²) in [5.74, 6) is -1.07. The number of carbonyl (C=O) groups excluding carboxylic acids is 1. The van der Waals surface area contributed by atoms with Gasteiger partial charge in [0.2, 0.25) is 0 Å². The van der Waals surface area contributed by atoms with Crippen molar-refractivity contribution in [2.45, 2.75) is 13.0 Å². The van der Waals surface area contributed by atoms with E-state index < -0.39 is 17.9 Å². The number of carbonyl (C=O) groups is 2. The molecule has 0 radical (unpaired) electrons. The van der Waals surface area contributed by atoms with Gasteiger partial charge in [-0.05, 0) is 19.1 Å². The number of nitrogens with one attached hydrogen (secondary N) is 1. The fourth-order valence-electron chi connectivity index (χ4n) is 1.14. The maximum absolute atomic E-state index is 10.6. The average molecular weight is 238 g/mol. The number of carboxylic acid groups (broad SMARTS) is 1. The number of hydrogen-bond donors (Lipinski definition) is 3. The number of ether oxygens (including phenoxy) is 1. The Hall–Kier alpha value is -2.24. The molecule has 0 spiro atoms. The Morgan fingerprint density at radius 2 is 2.24 bits per heavy atom. The molecular formula is C11H14N2O4. The lowest BCUT2D eigenvalue weighted by Gasteiger charge is -2.12. The first kappa shape index (κ1) is 12.8. The van der Waals surface area contributed by atoms with Gasteiger partial charge in [-0.25, -0.2) is 0 Å². The van der Waals surface area contributed by atoms with Gasteiger partial charge in [-0.3, -0.25) is 9.59 Å². The Bertz CT molecular complexity index is 420. The van der Waals surface area contributed by atoms with Crippen molar-refractivity contribution >= 4 is 17.6 Å². The van der Waals surface area contributed by atoms with Crippen LogP contribution in [-0.2, 0) is 9.59 Å². The number of hydrogen-bond acceptors (Lipinski definition) is 4. The van der Waals surface area contributed by atoms with Crippen molar-refractivity contribution in [2.75, 3.05) is 11.9 Å². The van der Waals surface area contributed by atoms with E-state index in [9.17, 15) is 9.59 Å². The molecule has 1 aromatic rings. The fourth-order valence-corrected chi connectivity index (χ4v) is 1.14. The summed E-state index contributed by atoms with van der Waals surface area (Å²) < 4.78 is 5.09. The van der Waals surface area contributed by atoms with Crippen molar-refractivity contribution in [3.8, 4) is 5.75 Å². The van der Waals surface area contributed by atoms with Crippen LogP contribution in [0.3, 0.4) is 0 Å². The Morgan fingerprint density at radius 3 is 2.82 bits per heavy atom. The van der Waals surface area contributed by atoms with Crippen LogP contribution in [0.1, 0.15) is 6.92 Å². The molecule has 0 aliphatic carbocycles. The van der Waals surface area contributed by atoms with E-state index in [1.807, 2.05) is 0 Å². The van der Waals surface area contributed by atoms with Crippen molar-refractivity contribution in [3.63, 3.8) is 0 Å². The van der Waals surface area contributed by atoms with Gasteiger partial charge in [-0.1, -0.05) is 6.07 Å². The van der Waals surface area contributed by atoms with Crippen molar-refractivity contribution in [2.24, 2.45) is 5.73 Å². The molecule has 0 saturated heterocycles. The van der Waals surface area contributed by atoms with Gasteiger partial charge >= 0.3 is 5.97 Å². The van der Waals surface area contributed by atoms with Crippen LogP contribution in [0.5, 0.6) is 5.75 Å². The summed E-state index contributed by atoms with van der Waals surface area (Å²) in [6.45, 7) is 1.32. The second kappa shape index (κ2) is 5.74. The van der Waals surface area contributed by atoms with Gasteiger partial charge in [0.15, 0.2) is 6.61 Å². The van der Waals surface area contributed by atoms with E-state index in [2.05, 4.69) is 5.32 Å². The van der Waals surface area contributed by atoms with Gasteiger partial charge in [0, 0.05) is 11.8 Å². The number of primary amides is 1. The second-order valence-corrected chi connectivity index (χ2v) is 3.49. The first-order chi connectivity index (χ1) is 7.99. The maximum Gasteiger partial charge on any atom is 0.325 e. The summed E-state index contributed by atoms with van der Waals surface area (Å²) in [5, 5.41) is 11.5. The van der Waals surface area contributed by atoms with Gasteiger partial charge in [0.25, 0.3) is 5.91 Å². The van der Waals surface area contributed by atoms with Gasteiger partial charge < -0.3 is 20.9 Å². The second-order valence-electron chi connectivity index (χ2n) is 3.49. The molecule has 92 valence electrons. The number of anilines is 1. The molecule has 0 aliphatic rings. The molecular weight excluding hydrogens is 224 g/mol. The first-order valence-electron chi connectivity index (χ1n) is 4.99. The van der Waals surface area contributed by atoms with E-state index in [4.69, 9.17) is 15.6 Å². The van der Waals surface area contributed by atoms with E-state index in [1.54, 1.807) is 24.3 Å². The van der Waals surface area contributed by atoms with E-state index in [-0.39, 0.29) is 6.61 Å². The third-order valence-electron chi connectivity index (χ3n) is 1.97. The third-order valence-corrected chi connectivity index (χ3v) is 1.97. The lowest BCUT2D eigenvalue weighted by Crippen LogP contribution is -2.25. The summed E-state index contributed by atoms with van der Waals surface area (Å²) in [7, 11) is 0. The van der Waals surface area contributed by atoms with Crippen LogP contribution in [0.4, 0.5) is 5.69 Å². The van der Waals surface area contributed by atoms with Gasteiger partial charge in [-0.15, -0.1) is 0 Å². The SMILES string of the molecule is CC(Nc1cccc(OCC(N)=O)c1)C(=O)O. The summed E-state index contributed by atoms with van der Waals surface area (Å²) in [6, 6.07) is 5.94. The standard InChI is InChI=1S/C11H14N2O4/c1-7(11(15)16)13-8-3-2-4-9(5-8)17-6-10(12)14/h2-5,7,13H,6H2,1H3,(H2,12,14)(H,15,16). The zero-order valence-electron chi connectivity index (χ0n) is 9.34. The van der Waals surface area contributed by atoms with Gasteiger partial charge in [0.05, 0.1) is 0 Å². The number of amides is 1. The summed E-state index contributed by atoms with van der Waals surface area (Å²) in [5.41, 5.74) is 5.54. The van der Waals surface area contributed by atoms with E-state index >= 15 is 0 Å². The molecule has 0 saturated carbocycles. The minimum Gasteiger partial charge on any atom is -0.484 e. The summed E-state index contributed by atoms with van der Waals surface area (Å²) in [4.78, 5) is 21.2. The largest absolute Gasteiger partial charge is 0.484 e. The highest BCUT2D eigenvalue weighted by molar-refractivity contribution is 5.77. The molecule has 0 aromatic heterocycles. The molecule has 17 heavy (non-hydrogen) atoms. The number of rotatable bonds is 6. The van der Waals surface area contributed by atoms with Crippen molar-refractivity contribution in [3.05, 3.63) is 24.3 Å². The predicted octanol–water partition coefficient (Wildman–Crippen LogP) is 0.436. The van der Waals surface area contributed by atoms with Crippen LogP contribution in [0, 0.1) is 0 Å². The quantitative estimate of drug-likeness (QED) is 0.667. The lowest BCUT2D eigenvalue weighted by atomic mass is 10.2. The highest BCUT2D eigenvalue weighted by atomic mass is 16.5. The summed E-state index contributed by atoms with van der Waals surface area (Å²) in [6.07, 6.45) is 0. The minimum atomic E-state index is -0.951. The van der Waals surface area contributed by atoms with Crippen LogP contribution >= 0.6 is 0 Å². The van der Waals surface area contributed by atoms with Crippen molar-refractivity contribution in [1.29, 1.82) is 0 Å². The zero-order valence-corrected chi connectivity index (χ0v) is 9.34. The number of aliphatic carboxylic acids is 1. The third kappa shape index (κ3) is 4.42. The lowest BCUT2D eigenvalue weighted by molar-refractivity contribution is -0.137. The smallest absolute Gasteiger partial charge is 0.325 e. The molecule has 6 nitrogen and oxygen atoms in total. The van der Waals surface area contributed by atoms with Gasteiger partial charge in [0.1, 0.15) is 11.8 Å². The van der Waals surface area contributed by atoms with Crippen LogP contribution in [0.15, 0.2) is 24.3 Å². The predicted molar refractivity (Wildman–Crippen MR) is 61.9 cm³/mol. The van der Waals surface area contributed by atoms with Crippen LogP contribution in [-0.4, -0.2) is 29.6 Å². The molecule has 1 atom stereocenters. The van der Waals surface area contributed by atoms with E-state index in [0.717, 1.165) is 0 Å². The van der Waals surface area contributed by atoms with Crippen molar-refractivity contribution in [1.82, 2.24) is 0 Å². The molecule has 0 heterocycles. The topological polar surface area (TPSA) is 102 Å². The Balaban J connectivity index is 2.65. The van der Waals surface area contributed by atoms with Gasteiger partial charge in [-0.2, -0.15) is 0 Å². The van der Waals surface area contributed by atoms with Crippen LogP contribution in [0.2, 0.25) is 0 Å². The molecule has 1 aromatic carbocycles. The van der Waals surface area contributed by atoms with Crippen LogP contribution in [0.25, 0.3) is 0 Å². The molecule has 6 heteroatoms. The minimum absolute atomic E-state index is 0.210. The zero-order chi connectivity index (χ0) is 12.8. The Kier molecular flexibility index (Phi) is 4.33.